The van der Waals surface area contributed by atoms with E-state index >= 15 is 0 Å². The van der Waals surface area contributed by atoms with Gasteiger partial charge in [-0.2, -0.15) is 9.97 Å². The van der Waals surface area contributed by atoms with E-state index < -0.39 is 20.3 Å². The fourth-order valence-corrected chi connectivity index (χ4v) is 6.21. The van der Waals surface area contributed by atoms with Crippen LogP contribution in [0.5, 0.6) is 17.5 Å². The van der Waals surface area contributed by atoms with Gasteiger partial charge in [0.15, 0.2) is 11.4 Å². The predicted molar refractivity (Wildman–Crippen MR) is 155 cm³/mol. The lowest BCUT2D eigenvalue weighted by Crippen LogP contribution is -2.42. The van der Waals surface area contributed by atoms with Crippen LogP contribution in [0.15, 0.2) is 36.1 Å². The van der Waals surface area contributed by atoms with Crippen molar-refractivity contribution in [2.24, 2.45) is 0 Å². The van der Waals surface area contributed by atoms with E-state index in [-0.39, 0.29) is 23.2 Å². The molecule has 1 unspecified atom stereocenters. The van der Waals surface area contributed by atoms with E-state index in [1.807, 2.05) is 12.1 Å². The molecule has 2 aliphatic heterocycles. The van der Waals surface area contributed by atoms with Gasteiger partial charge >= 0.3 is 0 Å². The Balaban J connectivity index is 1.42. The smallest absolute Gasteiger partial charge is 0.290 e. The Bertz CT molecular complexity index is 1170. The van der Waals surface area contributed by atoms with Crippen LogP contribution in [0, 0.1) is 0 Å². The van der Waals surface area contributed by atoms with Crippen molar-refractivity contribution in [2.45, 2.75) is 57.7 Å². The van der Waals surface area contributed by atoms with Crippen molar-refractivity contribution in [1.82, 2.24) is 14.9 Å². The number of methoxy groups -OCH3 is 2. The Morgan fingerprint density at radius 2 is 1.82 bits per heavy atom. The zero-order valence-corrected chi connectivity index (χ0v) is 25.1. The van der Waals surface area contributed by atoms with Gasteiger partial charge in [0, 0.05) is 25.6 Å². The largest absolute Gasteiger partial charge is 0.479 e. The van der Waals surface area contributed by atoms with Crippen molar-refractivity contribution in [2.75, 3.05) is 51.6 Å². The van der Waals surface area contributed by atoms with Crippen molar-refractivity contribution in [3.05, 3.63) is 36.1 Å². The standard InChI is InChI=1S/C28H41N5O5Si/c1-8-39(6,7)21-11-9-10-20(18-21)37-23-13-12-22(38-23)25(34)29-24-26(35-4)30-28(31-27(24)36-5)33-16-14-19(15-17-33)32(2)3/h9-12,18-19,23H,8,13-17H2,1-7H3,(H,29,34). The summed E-state index contributed by atoms with van der Waals surface area (Å²) in [6.45, 7) is 8.56. The first-order chi connectivity index (χ1) is 18.6. The van der Waals surface area contributed by atoms with Gasteiger partial charge in [-0.05, 0) is 45.1 Å². The molecular formula is C28H41N5O5Si. The zero-order valence-electron chi connectivity index (χ0n) is 24.1. The zero-order chi connectivity index (χ0) is 28.2. The molecule has 2 aliphatic rings. The Morgan fingerprint density at radius 3 is 2.41 bits per heavy atom. The summed E-state index contributed by atoms with van der Waals surface area (Å²) in [7, 11) is 5.72. The van der Waals surface area contributed by atoms with Gasteiger partial charge in [0.1, 0.15) is 5.75 Å². The average molecular weight is 556 g/mol. The number of nitrogens with one attached hydrogen (secondary N) is 1. The summed E-state index contributed by atoms with van der Waals surface area (Å²) in [6, 6.07) is 9.86. The molecule has 1 atom stereocenters. The molecule has 1 aromatic carbocycles. The molecule has 3 heterocycles. The summed E-state index contributed by atoms with van der Waals surface area (Å²) in [5.74, 6) is 1.42. The molecule has 0 bridgehead atoms. The number of amides is 1. The van der Waals surface area contributed by atoms with Gasteiger partial charge in [0.25, 0.3) is 5.91 Å². The Labute approximate surface area is 232 Å². The molecule has 1 amide bonds. The summed E-state index contributed by atoms with van der Waals surface area (Å²) < 4.78 is 23.0. The van der Waals surface area contributed by atoms with Gasteiger partial charge in [-0.3, -0.25) is 4.79 Å². The topological polar surface area (TPSA) is 98.3 Å². The van der Waals surface area contributed by atoms with E-state index in [1.165, 1.54) is 19.4 Å². The molecule has 0 aliphatic carbocycles. The third-order valence-corrected chi connectivity index (χ3v) is 11.3. The summed E-state index contributed by atoms with van der Waals surface area (Å²) in [4.78, 5) is 26.6. The van der Waals surface area contributed by atoms with Crippen molar-refractivity contribution in [1.29, 1.82) is 0 Å². The first kappa shape index (κ1) is 28.7. The van der Waals surface area contributed by atoms with Gasteiger partial charge in [-0.1, -0.05) is 43.4 Å². The van der Waals surface area contributed by atoms with Crippen molar-refractivity contribution < 1.29 is 23.7 Å². The second kappa shape index (κ2) is 12.2. The fraction of sp³-hybridized carbons (Fsp3) is 0.536. The van der Waals surface area contributed by atoms with E-state index in [0.717, 1.165) is 37.7 Å². The number of piperidine rings is 1. The second-order valence-electron chi connectivity index (χ2n) is 10.8. The van der Waals surface area contributed by atoms with Gasteiger partial charge in [0.2, 0.25) is 24.0 Å². The summed E-state index contributed by atoms with van der Waals surface area (Å²) >= 11 is 0. The number of rotatable bonds is 10. The fourth-order valence-electron chi connectivity index (χ4n) is 4.72. The molecule has 39 heavy (non-hydrogen) atoms. The third-order valence-electron chi connectivity index (χ3n) is 7.68. The van der Waals surface area contributed by atoms with Crippen LogP contribution in [0.3, 0.4) is 0 Å². The van der Waals surface area contributed by atoms with Crippen LogP contribution in [0.1, 0.15) is 26.2 Å². The van der Waals surface area contributed by atoms with Crippen LogP contribution in [-0.2, 0) is 9.53 Å². The van der Waals surface area contributed by atoms with Crippen LogP contribution >= 0.6 is 0 Å². The van der Waals surface area contributed by atoms with E-state index in [2.05, 4.69) is 71.3 Å². The Kier molecular flexibility index (Phi) is 9.01. The van der Waals surface area contributed by atoms with Crippen molar-refractivity contribution in [3.8, 4) is 17.5 Å². The average Bonchev–Trinajstić information content (AvgIpc) is 3.41. The summed E-state index contributed by atoms with van der Waals surface area (Å²) in [6.07, 6.45) is 3.61. The second-order valence-corrected chi connectivity index (χ2v) is 15.8. The Hall–Kier alpha value is -3.31. The Morgan fingerprint density at radius 1 is 1.15 bits per heavy atom. The molecule has 0 saturated carbocycles. The minimum atomic E-state index is -1.50. The third kappa shape index (κ3) is 6.64. The lowest BCUT2D eigenvalue weighted by atomic mass is 10.0. The highest BCUT2D eigenvalue weighted by Gasteiger charge is 2.29. The highest BCUT2D eigenvalue weighted by Crippen LogP contribution is 2.35. The summed E-state index contributed by atoms with van der Waals surface area (Å²) in [5.41, 5.74) is 0.255. The first-order valence-corrected chi connectivity index (χ1v) is 16.7. The minimum absolute atomic E-state index is 0.165. The number of benzene rings is 1. The van der Waals surface area contributed by atoms with Crippen LogP contribution in [-0.4, -0.2) is 82.6 Å². The van der Waals surface area contributed by atoms with Crippen LogP contribution < -0.4 is 29.6 Å². The first-order valence-electron chi connectivity index (χ1n) is 13.5. The number of nitrogens with zero attached hydrogens (tertiary/aromatic N) is 4. The van der Waals surface area contributed by atoms with Gasteiger partial charge < -0.3 is 34.1 Å². The maximum absolute atomic E-state index is 13.1. The molecule has 11 heteroatoms. The van der Waals surface area contributed by atoms with Crippen LogP contribution in [0.2, 0.25) is 19.1 Å². The maximum atomic E-state index is 13.1. The van der Waals surface area contributed by atoms with E-state index in [4.69, 9.17) is 18.9 Å². The maximum Gasteiger partial charge on any atom is 0.290 e. The molecule has 2 aromatic rings. The number of hydrogen-bond donors (Lipinski definition) is 1. The molecule has 0 radical (unpaired) electrons. The molecule has 212 valence electrons. The van der Waals surface area contributed by atoms with Crippen molar-refractivity contribution >= 4 is 30.8 Å². The van der Waals surface area contributed by atoms with E-state index in [1.54, 1.807) is 6.08 Å². The SMILES string of the molecule is CC[Si](C)(C)c1cccc(OC2CC=C(C(=O)Nc3c(OC)nc(N4CCC(N(C)C)CC4)nc3OC)O2)c1. The molecule has 4 rings (SSSR count). The molecule has 0 spiro atoms. The summed E-state index contributed by atoms with van der Waals surface area (Å²) in [5, 5.41) is 4.14. The monoisotopic (exact) mass is 555 g/mol. The lowest BCUT2D eigenvalue weighted by Gasteiger charge is -2.35. The number of carbonyl (C=O) groups is 1. The number of aromatic nitrogens is 2. The van der Waals surface area contributed by atoms with Gasteiger partial charge in [-0.15, -0.1) is 0 Å². The number of carbonyl (C=O) groups excluding carboxylic acids is 1. The molecule has 10 nitrogen and oxygen atoms in total. The van der Waals surface area contributed by atoms with Crippen LogP contribution in [0.4, 0.5) is 11.6 Å². The molecule has 1 aromatic heterocycles. The number of ether oxygens (including phenoxy) is 4. The van der Waals surface area contributed by atoms with E-state index in [9.17, 15) is 4.79 Å². The van der Waals surface area contributed by atoms with Crippen molar-refractivity contribution in [3.63, 3.8) is 0 Å². The number of anilines is 2. The highest BCUT2D eigenvalue weighted by molar-refractivity contribution is 6.89. The molecule has 1 N–H and O–H groups in total. The molecular weight excluding hydrogens is 514 g/mol. The quantitative estimate of drug-likeness (QED) is 0.441. The molecule has 1 fully saturated rings. The number of hydrogen-bond acceptors (Lipinski definition) is 9. The normalized spacial score (nSPS) is 18.0. The molecule has 1 saturated heterocycles. The van der Waals surface area contributed by atoms with Gasteiger partial charge in [-0.25, -0.2) is 0 Å². The minimum Gasteiger partial charge on any atom is -0.479 e. The predicted octanol–water partition coefficient (Wildman–Crippen LogP) is 3.61. The van der Waals surface area contributed by atoms with Gasteiger partial charge in [0.05, 0.1) is 22.3 Å². The highest BCUT2D eigenvalue weighted by atomic mass is 28.3. The van der Waals surface area contributed by atoms with E-state index in [0.29, 0.717) is 18.4 Å². The lowest BCUT2D eigenvalue weighted by molar-refractivity contribution is -0.119. The van der Waals surface area contributed by atoms with Crippen LogP contribution in [0.25, 0.3) is 0 Å².